The highest BCUT2D eigenvalue weighted by Gasteiger charge is 2.24. The summed E-state index contributed by atoms with van der Waals surface area (Å²) in [4.78, 5) is 24.1. The van der Waals surface area contributed by atoms with Gasteiger partial charge in [-0.2, -0.15) is 4.99 Å². The molecule has 0 spiro atoms. The van der Waals surface area contributed by atoms with Gasteiger partial charge in [0.05, 0.1) is 26.9 Å². The van der Waals surface area contributed by atoms with E-state index in [1.165, 1.54) is 0 Å². The average Bonchev–Trinajstić information content (AvgIpc) is 3.27. The largest absolute Gasteiger partial charge is 0.491 e. The molecule has 4 rings (SSSR count). The molecule has 2 aliphatic rings. The van der Waals surface area contributed by atoms with Crippen LogP contribution in [0.1, 0.15) is 27.2 Å². The van der Waals surface area contributed by atoms with Gasteiger partial charge in [-0.15, -0.1) is 0 Å². The van der Waals surface area contributed by atoms with Gasteiger partial charge < -0.3 is 19.5 Å². The Labute approximate surface area is 188 Å². The lowest BCUT2D eigenvalue weighted by Gasteiger charge is -2.26. The quantitative estimate of drug-likeness (QED) is 0.684. The van der Waals surface area contributed by atoms with E-state index < -0.39 is 5.41 Å². The Hall–Kier alpha value is -2.65. The maximum Gasteiger partial charge on any atom is 0.254 e. The third-order valence-electron chi connectivity index (χ3n) is 5.73. The van der Waals surface area contributed by atoms with Crippen LogP contribution in [-0.4, -0.2) is 73.5 Å². The van der Waals surface area contributed by atoms with Gasteiger partial charge in [0.1, 0.15) is 11.3 Å². The molecule has 0 saturated carbocycles. The van der Waals surface area contributed by atoms with Crippen molar-refractivity contribution in [2.24, 2.45) is 10.4 Å². The third kappa shape index (κ3) is 4.73. The Morgan fingerprint density at radius 2 is 2.03 bits per heavy atom. The van der Waals surface area contributed by atoms with Crippen LogP contribution in [0, 0.1) is 5.41 Å². The Morgan fingerprint density at radius 3 is 2.75 bits per heavy atom. The minimum atomic E-state index is -0.578. The van der Waals surface area contributed by atoms with Crippen molar-refractivity contribution >= 4 is 22.6 Å². The zero-order valence-electron chi connectivity index (χ0n) is 19.4. The molecular formula is C23H33N5O4. The number of aromatic nitrogens is 2. The summed E-state index contributed by atoms with van der Waals surface area (Å²) >= 11 is 0. The number of anilines is 1. The highest BCUT2D eigenvalue weighted by molar-refractivity contribution is 5.95. The fourth-order valence-corrected chi connectivity index (χ4v) is 3.90. The molecule has 1 aromatic carbocycles. The van der Waals surface area contributed by atoms with E-state index in [1.807, 2.05) is 37.5 Å². The monoisotopic (exact) mass is 443 g/mol. The van der Waals surface area contributed by atoms with Gasteiger partial charge in [-0.25, -0.2) is 4.98 Å². The first-order chi connectivity index (χ1) is 15.4. The first-order valence-electron chi connectivity index (χ1n) is 11.3. The molecule has 1 fully saturated rings. The zero-order valence-corrected chi connectivity index (χ0v) is 19.4. The molecule has 9 nitrogen and oxygen atoms in total. The fraction of sp³-hybridized carbons (Fsp3) is 0.609. The minimum absolute atomic E-state index is 0.208. The van der Waals surface area contributed by atoms with E-state index in [9.17, 15) is 4.79 Å². The number of hydrogen-bond acceptors (Lipinski definition) is 7. The molecule has 1 amide bonds. The number of nitrogens with one attached hydrogen (secondary N) is 1. The predicted molar refractivity (Wildman–Crippen MR) is 122 cm³/mol. The van der Waals surface area contributed by atoms with Crippen LogP contribution in [0.3, 0.4) is 0 Å². The summed E-state index contributed by atoms with van der Waals surface area (Å²) in [5.74, 6) is 1.89. The highest BCUT2D eigenvalue weighted by Crippen LogP contribution is 2.37. The summed E-state index contributed by atoms with van der Waals surface area (Å²) in [5.41, 5.74) is 0.450. The molecule has 2 aromatic rings. The molecular weight excluding hydrogens is 410 g/mol. The average molecular weight is 444 g/mol. The lowest BCUT2D eigenvalue weighted by Crippen LogP contribution is -2.37. The molecule has 1 saturated heterocycles. The van der Waals surface area contributed by atoms with Crippen molar-refractivity contribution < 1.29 is 19.0 Å². The van der Waals surface area contributed by atoms with Gasteiger partial charge in [-0.1, -0.05) is 20.8 Å². The van der Waals surface area contributed by atoms with Crippen LogP contribution in [0.2, 0.25) is 0 Å². The maximum absolute atomic E-state index is 12.6. The number of methoxy groups -OCH3 is 1. The van der Waals surface area contributed by atoms with Crippen molar-refractivity contribution in [1.29, 1.82) is 0 Å². The van der Waals surface area contributed by atoms with E-state index in [1.54, 1.807) is 7.11 Å². The Balaban J connectivity index is 1.62. The van der Waals surface area contributed by atoms with Crippen molar-refractivity contribution in [3.63, 3.8) is 0 Å². The summed E-state index contributed by atoms with van der Waals surface area (Å²) < 4.78 is 19.1. The Kier molecular flexibility index (Phi) is 6.66. The van der Waals surface area contributed by atoms with Crippen molar-refractivity contribution in [1.82, 2.24) is 14.5 Å². The van der Waals surface area contributed by atoms with Gasteiger partial charge in [0.25, 0.3) is 5.91 Å². The first-order valence-corrected chi connectivity index (χ1v) is 11.3. The molecule has 0 aliphatic carbocycles. The van der Waals surface area contributed by atoms with Crippen LogP contribution >= 0.6 is 0 Å². The van der Waals surface area contributed by atoms with Crippen LogP contribution < -0.4 is 20.4 Å². The Morgan fingerprint density at radius 1 is 1.25 bits per heavy atom. The SMILES string of the molecule is COc1c(OCCCN2CCOCC2)ccc2c3n(c(=NC(=O)C(C)(C)C)nc12)CCN3. The van der Waals surface area contributed by atoms with Gasteiger partial charge in [-0.3, -0.25) is 14.3 Å². The van der Waals surface area contributed by atoms with Crippen LogP contribution in [-0.2, 0) is 16.1 Å². The molecule has 32 heavy (non-hydrogen) atoms. The minimum Gasteiger partial charge on any atom is -0.491 e. The number of hydrogen-bond donors (Lipinski definition) is 1. The van der Waals surface area contributed by atoms with E-state index in [0.29, 0.717) is 35.8 Å². The van der Waals surface area contributed by atoms with E-state index in [0.717, 1.165) is 57.0 Å². The fourth-order valence-electron chi connectivity index (χ4n) is 3.90. The van der Waals surface area contributed by atoms with E-state index in [4.69, 9.17) is 19.2 Å². The lowest BCUT2D eigenvalue weighted by atomic mass is 9.96. The van der Waals surface area contributed by atoms with E-state index >= 15 is 0 Å². The predicted octanol–water partition coefficient (Wildman–Crippen LogP) is 2.04. The van der Waals surface area contributed by atoms with Gasteiger partial charge >= 0.3 is 0 Å². The number of carbonyl (C=O) groups is 1. The molecule has 0 atom stereocenters. The molecule has 2 aliphatic heterocycles. The Bertz CT molecular complexity index is 1050. The van der Waals surface area contributed by atoms with Crippen LogP contribution in [0.5, 0.6) is 11.5 Å². The summed E-state index contributed by atoms with van der Waals surface area (Å²) in [5, 5.41) is 4.31. The van der Waals surface area contributed by atoms with Crippen LogP contribution in [0.15, 0.2) is 17.1 Å². The van der Waals surface area contributed by atoms with Crippen molar-refractivity contribution in [3.8, 4) is 11.5 Å². The van der Waals surface area contributed by atoms with Crippen LogP contribution in [0.4, 0.5) is 5.82 Å². The number of morpholine rings is 1. The van der Waals surface area contributed by atoms with Crippen molar-refractivity contribution in [3.05, 3.63) is 17.8 Å². The van der Waals surface area contributed by atoms with Crippen LogP contribution in [0.25, 0.3) is 10.9 Å². The van der Waals surface area contributed by atoms with Gasteiger partial charge in [0.2, 0.25) is 5.62 Å². The van der Waals surface area contributed by atoms with Gasteiger partial charge in [-0.05, 0) is 18.6 Å². The maximum atomic E-state index is 12.6. The molecule has 0 radical (unpaired) electrons. The number of rotatable bonds is 6. The smallest absolute Gasteiger partial charge is 0.254 e. The van der Waals surface area contributed by atoms with Crippen molar-refractivity contribution in [2.75, 3.05) is 58.4 Å². The zero-order chi connectivity index (χ0) is 22.7. The highest BCUT2D eigenvalue weighted by atomic mass is 16.5. The molecule has 9 heteroatoms. The first kappa shape index (κ1) is 22.5. The topological polar surface area (TPSA) is 90.2 Å². The number of nitrogens with zero attached hydrogens (tertiary/aromatic N) is 4. The van der Waals surface area contributed by atoms with Gasteiger partial charge in [0, 0.05) is 43.5 Å². The molecule has 1 aromatic heterocycles. The third-order valence-corrected chi connectivity index (χ3v) is 5.73. The summed E-state index contributed by atoms with van der Waals surface area (Å²) in [6.45, 7) is 12.1. The van der Waals surface area contributed by atoms with Crippen molar-refractivity contribution in [2.45, 2.75) is 33.7 Å². The standard InChI is InChI=1S/C23H33N5O4/c1-23(2,3)21(29)26-22-25-18-16(20-24-8-10-28(20)22)6-7-17(19(18)30-4)32-13-5-9-27-11-14-31-15-12-27/h6-7,24H,5,8-15H2,1-4H3. The lowest BCUT2D eigenvalue weighted by molar-refractivity contribution is -0.125. The molecule has 174 valence electrons. The number of ether oxygens (including phenoxy) is 3. The van der Waals surface area contributed by atoms with Gasteiger partial charge in [0.15, 0.2) is 11.5 Å². The second-order valence-electron chi connectivity index (χ2n) is 9.15. The summed E-state index contributed by atoms with van der Waals surface area (Å²) in [6, 6.07) is 3.91. The molecule has 1 N–H and O–H groups in total. The number of amides is 1. The second kappa shape index (κ2) is 9.46. The number of fused-ring (bicyclic) bond motifs is 3. The number of benzene rings is 1. The molecule has 3 heterocycles. The normalized spacial score (nSPS) is 17.3. The summed E-state index contributed by atoms with van der Waals surface area (Å²) in [6.07, 6.45) is 0.914. The molecule has 0 unspecified atom stereocenters. The van der Waals surface area contributed by atoms with E-state index in [2.05, 4.69) is 15.2 Å². The number of carbonyl (C=O) groups excluding carboxylic acids is 1. The van der Waals surface area contributed by atoms with E-state index in [-0.39, 0.29) is 5.91 Å². The second-order valence-corrected chi connectivity index (χ2v) is 9.15. The summed E-state index contributed by atoms with van der Waals surface area (Å²) in [7, 11) is 1.61. The molecule has 0 bridgehead atoms.